The van der Waals surface area contributed by atoms with Gasteiger partial charge < -0.3 is 15.8 Å². The molecule has 19 heavy (non-hydrogen) atoms. The summed E-state index contributed by atoms with van der Waals surface area (Å²) in [5.74, 6) is -0.529. The number of nitrogens with two attached hydrogens (primary N) is 1. The highest BCUT2D eigenvalue weighted by Crippen LogP contribution is 2.12. The number of nitrogens with one attached hydrogen (secondary N) is 2. The Bertz CT molecular complexity index is 575. The molecule has 0 radical (unpaired) electrons. The molecule has 1 aromatic heterocycles. The van der Waals surface area contributed by atoms with Crippen LogP contribution in [0, 0.1) is 0 Å². The van der Waals surface area contributed by atoms with Gasteiger partial charge in [-0.2, -0.15) is 0 Å². The van der Waals surface area contributed by atoms with Gasteiger partial charge >= 0.3 is 11.7 Å². The number of carbonyl (C=O) groups excluding carboxylic acids is 1. The molecule has 8 nitrogen and oxygen atoms in total. The zero-order valence-electron chi connectivity index (χ0n) is 11.1. The minimum absolute atomic E-state index is 0.00588. The van der Waals surface area contributed by atoms with E-state index >= 15 is 0 Å². The average Bonchev–Trinajstić information content (AvgIpc) is 2.38. The van der Waals surface area contributed by atoms with Crippen molar-refractivity contribution in [1.82, 2.24) is 9.55 Å². The summed E-state index contributed by atoms with van der Waals surface area (Å²) in [5.41, 5.74) is 4.55. The van der Waals surface area contributed by atoms with Gasteiger partial charge in [-0.05, 0) is 13.3 Å². The molecule has 1 unspecified atom stereocenters. The standard InChI is InChI=1S/C11H18N4O4/c1-4-5-15-8(12)7(9(16)14-11(15)18)13-6(2)10(17)19-3/h6,13H,4-5,12H2,1-3H3,(H,14,16,18). The van der Waals surface area contributed by atoms with Gasteiger partial charge in [0, 0.05) is 6.54 Å². The summed E-state index contributed by atoms with van der Waals surface area (Å²) in [6.45, 7) is 3.78. The highest BCUT2D eigenvalue weighted by atomic mass is 16.5. The fourth-order valence-corrected chi connectivity index (χ4v) is 1.63. The molecule has 0 aromatic carbocycles. The molecular formula is C11H18N4O4. The molecule has 1 rings (SSSR count). The number of rotatable bonds is 5. The molecule has 0 aliphatic heterocycles. The van der Waals surface area contributed by atoms with Gasteiger partial charge in [-0.25, -0.2) is 9.59 Å². The van der Waals surface area contributed by atoms with Crippen LogP contribution < -0.4 is 22.3 Å². The molecule has 8 heteroatoms. The van der Waals surface area contributed by atoms with E-state index in [2.05, 4.69) is 15.0 Å². The maximum atomic E-state index is 11.7. The number of aromatic amines is 1. The van der Waals surface area contributed by atoms with Gasteiger partial charge in [0.1, 0.15) is 17.5 Å². The molecule has 1 aromatic rings. The van der Waals surface area contributed by atoms with Crippen molar-refractivity contribution in [3.63, 3.8) is 0 Å². The Balaban J connectivity index is 3.21. The van der Waals surface area contributed by atoms with Crippen LogP contribution in [0.1, 0.15) is 20.3 Å². The van der Waals surface area contributed by atoms with Crippen molar-refractivity contribution in [2.75, 3.05) is 18.2 Å². The number of anilines is 2. The smallest absolute Gasteiger partial charge is 0.330 e. The number of nitrogens with zero attached hydrogens (tertiary/aromatic N) is 1. The number of methoxy groups -OCH3 is 1. The van der Waals surface area contributed by atoms with Crippen LogP contribution in [0.2, 0.25) is 0 Å². The van der Waals surface area contributed by atoms with E-state index in [1.807, 2.05) is 6.92 Å². The van der Waals surface area contributed by atoms with Gasteiger partial charge in [-0.15, -0.1) is 0 Å². The lowest BCUT2D eigenvalue weighted by Gasteiger charge is -2.16. The number of carbonyl (C=O) groups is 1. The number of H-pyrrole nitrogens is 1. The first-order valence-electron chi connectivity index (χ1n) is 5.89. The molecule has 0 aliphatic carbocycles. The molecule has 4 N–H and O–H groups in total. The van der Waals surface area contributed by atoms with Gasteiger partial charge in [0.15, 0.2) is 0 Å². The summed E-state index contributed by atoms with van der Waals surface area (Å²) in [5, 5.41) is 2.65. The maximum absolute atomic E-state index is 11.7. The summed E-state index contributed by atoms with van der Waals surface area (Å²) >= 11 is 0. The normalized spacial score (nSPS) is 11.9. The molecule has 1 heterocycles. The van der Waals surface area contributed by atoms with Crippen LogP contribution >= 0.6 is 0 Å². The summed E-state index contributed by atoms with van der Waals surface area (Å²) in [7, 11) is 1.24. The van der Waals surface area contributed by atoms with E-state index in [4.69, 9.17) is 5.73 Å². The Morgan fingerprint density at radius 3 is 2.68 bits per heavy atom. The molecule has 1 atom stereocenters. The van der Waals surface area contributed by atoms with Gasteiger partial charge in [0.25, 0.3) is 5.56 Å². The van der Waals surface area contributed by atoms with Crippen molar-refractivity contribution in [2.45, 2.75) is 32.9 Å². The number of ether oxygens (including phenoxy) is 1. The van der Waals surface area contributed by atoms with Crippen molar-refractivity contribution in [1.29, 1.82) is 0 Å². The topological polar surface area (TPSA) is 119 Å². The second-order valence-corrected chi connectivity index (χ2v) is 4.06. The summed E-state index contributed by atoms with van der Waals surface area (Å²) in [6, 6.07) is -0.749. The van der Waals surface area contributed by atoms with Crippen molar-refractivity contribution in [3.05, 3.63) is 20.8 Å². The van der Waals surface area contributed by atoms with Crippen molar-refractivity contribution in [2.24, 2.45) is 0 Å². The predicted octanol–water partition coefficient (Wildman–Crippen LogP) is -0.498. The molecule has 0 aliphatic rings. The van der Waals surface area contributed by atoms with E-state index in [-0.39, 0.29) is 11.5 Å². The first-order chi connectivity index (χ1) is 8.92. The van der Waals surface area contributed by atoms with Gasteiger partial charge in [0.05, 0.1) is 7.11 Å². The first kappa shape index (κ1) is 14.8. The van der Waals surface area contributed by atoms with Crippen LogP contribution in [0.3, 0.4) is 0 Å². The number of hydrogen-bond donors (Lipinski definition) is 3. The minimum Gasteiger partial charge on any atom is -0.467 e. The average molecular weight is 270 g/mol. The lowest BCUT2D eigenvalue weighted by atomic mass is 10.3. The highest BCUT2D eigenvalue weighted by Gasteiger charge is 2.18. The zero-order chi connectivity index (χ0) is 14.6. The predicted molar refractivity (Wildman–Crippen MR) is 71.1 cm³/mol. The van der Waals surface area contributed by atoms with Crippen molar-refractivity contribution >= 4 is 17.5 Å². The number of nitrogen functional groups attached to an aromatic ring is 1. The third-order valence-electron chi connectivity index (χ3n) is 2.60. The summed E-state index contributed by atoms with van der Waals surface area (Å²) in [6.07, 6.45) is 0.683. The van der Waals surface area contributed by atoms with Crippen LogP contribution in [-0.4, -0.2) is 28.7 Å². The Morgan fingerprint density at radius 2 is 2.16 bits per heavy atom. The van der Waals surface area contributed by atoms with E-state index in [0.29, 0.717) is 13.0 Å². The number of aromatic nitrogens is 2. The van der Waals surface area contributed by atoms with E-state index < -0.39 is 23.3 Å². The molecule has 0 amide bonds. The summed E-state index contributed by atoms with van der Waals surface area (Å²) < 4.78 is 5.79. The quantitative estimate of drug-likeness (QED) is 0.621. The van der Waals surface area contributed by atoms with E-state index in [0.717, 1.165) is 0 Å². The third-order valence-corrected chi connectivity index (χ3v) is 2.60. The fourth-order valence-electron chi connectivity index (χ4n) is 1.63. The van der Waals surface area contributed by atoms with Crippen molar-refractivity contribution in [3.8, 4) is 0 Å². The molecule has 106 valence electrons. The zero-order valence-corrected chi connectivity index (χ0v) is 11.1. The van der Waals surface area contributed by atoms with E-state index in [1.165, 1.54) is 18.6 Å². The van der Waals surface area contributed by atoms with Crippen LogP contribution in [0.25, 0.3) is 0 Å². The first-order valence-corrected chi connectivity index (χ1v) is 5.89. The van der Waals surface area contributed by atoms with Crippen LogP contribution in [-0.2, 0) is 16.1 Å². The SMILES string of the molecule is CCCn1c(N)c(NC(C)C(=O)OC)c(=O)[nH]c1=O. The monoisotopic (exact) mass is 270 g/mol. The van der Waals surface area contributed by atoms with Gasteiger partial charge in [-0.1, -0.05) is 6.92 Å². The number of hydrogen-bond acceptors (Lipinski definition) is 6. The Hall–Kier alpha value is -2.25. The highest BCUT2D eigenvalue weighted by molar-refractivity contribution is 5.79. The maximum Gasteiger partial charge on any atom is 0.330 e. The fraction of sp³-hybridized carbons (Fsp3) is 0.545. The van der Waals surface area contributed by atoms with Crippen LogP contribution in [0.4, 0.5) is 11.5 Å². The molecule has 0 bridgehead atoms. The van der Waals surface area contributed by atoms with Gasteiger partial charge in [-0.3, -0.25) is 14.3 Å². The van der Waals surface area contributed by atoms with Crippen LogP contribution in [0.5, 0.6) is 0 Å². The lowest BCUT2D eigenvalue weighted by molar-refractivity contribution is -0.141. The van der Waals surface area contributed by atoms with Crippen molar-refractivity contribution < 1.29 is 9.53 Å². The third kappa shape index (κ3) is 3.15. The molecule has 0 fully saturated rings. The van der Waals surface area contributed by atoms with Crippen LogP contribution in [0.15, 0.2) is 9.59 Å². The molecular weight excluding hydrogens is 252 g/mol. The molecule has 0 saturated heterocycles. The molecule has 0 spiro atoms. The lowest BCUT2D eigenvalue weighted by Crippen LogP contribution is -2.37. The Morgan fingerprint density at radius 1 is 1.53 bits per heavy atom. The second-order valence-electron chi connectivity index (χ2n) is 4.06. The molecule has 0 saturated carbocycles. The Kier molecular flexibility index (Phi) is 4.74. The van der Waals surface area contributed by atoms with E-state index in [9.17, 15) is 14.4 Å². The van der Waals surface area contributed by atoms with E-state index in [1.54, 1.807) is 0 Å². The minimum atomic E-state index is -0.749. The second kappa shape index (κ2) is 6.07. The van der Waals surface area contributed by atoms with Gasteiger partial charge in [0.2, 0.25) is 0 Å². The summed E-state index contributed by atoms with van der Waals surface area (Å²) in [4.78, 5) is 36.7. The Labute approximate surface area is 109 Å². The largest absolute Gasteiger partial charge is 0.467 e. The number of esters is 1.